The SMILES string of the molecule is CC1OC(CO)C(O)C(O)C1O.CCCC. The van der Waals surface area contributed by atoms with E-state index in [-0.39, 0.29) is 6.61 Å². The Morgan fingerprint density at radius 1 is 0.938 bits per heavy atom. The van der Waals surface area contributed by atoms with Gasteiger partial charge in [0.05, 0.1) is 12.7 Å². The number of unbranched alkanes of at least 4 members (excludes halogenated alkanes) is 1. The maximum absolute atomic E-state index is 9.23. The van der Waals surface area contributed by atoms with E-state index < -0.39 is 30.5 Å². The average Bonchev–Trinajstić information content (AvgIpc) is 2.31. The number of aliphatic hydroxyl groups is 4. The molecule has 5 atom stereocenters. The smallest absolute Gasteiger partial charge is 0.111 e. The Kier molecular flexibility index (Phi) is 7.87. The zero-order valence-electron chi connectivity index (χ0n) is 10.2. The number of rotatable bonds is 2. The standard InChI is InChI=1S/C7H14O5.C4H10/c1-3-5(9)7(11)6(10)4(2-8)12-3;1-3-4-2/h3-11H,2H2,1H3;3-4H2,1-2H3. The van der Waals surface area contributed by atoms with Gasteiger partial charge in [0.15, 0.2) is 0 Å². The molecule has 4 N–H and O–H groups in total. The molecule has 1 rings (SSSR count). The van der Waals surface area contributed by atoms with E-state index in [1.54, 1.807) is 6.92 Å². The van der Waals surface area contributed by atoms with E-state index in [2.05, 4.69) is 13.8 Å². The van der Waals surface area contributed by atoms with Crippen molar-refractivity contribution in [2.75, 3.05) is 6.61 Å². The van der Waals surface area contributed by atoms with E-state index in [0.29, 0.717) is 0 Å². The van der Waals surface area contributed by atoms with Crippen LogP contribution in [0.2, 0.25) is 0 Å². The second-order valence-electron chi connectivity index (χ2n) is 4.03. The quantitative estimate of drug-likeness (QED) is 0.526. The van der Waals surface area contributed by atoms with Crippen LogP contribution in [0.15, 0.2) is 0 Å². The van der Waals surface area contributed by atoms with Gasteiger partial charge in [0.2, 0.25) is 0 Å². The summed E-state index contributed by atoms with van der Waals surface area (Å²) < 4.78 is 5.02. The highest BCUT2D eigenvalue weighted by molar-refractivity contribution is 4.89. The van der Waals surface area contributed by atoms with Crippen LogP contribution in [0.1, 0.15) is 33.6 Å². The lowest BCUT2D eigenvalue weighted by molar-refractivity contribution is -0.224. The Labute approximate surface area is 96.7 Å². The fourth-order valence-electron chi connectivity index (χ4n) is 1.29. The summed E-state index contributed by atoms with van der Waals surface area (Å²) in [7, 11) is 0. The fraction of sp³-hybridized carbons (Fsp3) is 1.00. The van der Waals surface area contributed by atoms with Crippen LogP contribution >= 0.6 is 0 Å². The Hall–Kier alpha value is -0.200. The molecule has 0 spiro atoms. The van der Waals surface area contributed by atoms with Crippen LogP contribution in [0.4, 0.5) is 0 Å². The van der Waals surface area contributed by atoms with Gasteiger partial charge in [-0.05, 0) is 6.92 Å². The Bertz CT molecular complexity index is 169. The number of hydrogen-bond donors (Lipinski definition) is 4. The second-order valence-corrected chi connectivity index (χ2v) is 4.03. The highest BCUT2D eigenvalue weighted by Crippen LogP contribution is 2.20. The third-order valence-electron chi connectivity index (χ3n) is 2.63. The first-order valence-electron chi connectivity index (χ1n) is 5.80. The van der Waals surface area contributed by atoms with Crippen molar-refractivity contribution in [3.63, 3.8) is 0 Å². The van der Waals surface area contributed by atoms with E-state index in [4.69, 9.17) is 9.84 Å². The fourth-order valence-corrected chi connectivity index (χ4v) is 1.29. The summed E-state index contributed by atoms with van der Waals surface area (Å²) in [4.78, 5) is 0. The zero-order valence-corrected chi connectivity index (χ0v) is 10.2. The third-order valence-corrected chi connectivity index (χ3v) is 2.63. The van der Waals surface area contributed by atoms with Gasteiger partial charge in [-0.3, -0.25) is 0 Å². The summed E-state index contributed by atoms with van der Waals surface area (Å²) >= 11 is 0. The predicted molar refractivity (Wildman–Crippen MR) is 60.0 cm³/mol. The van der Waals surface area contributed by atoms with Crippen LogP contribution in [0.3, 0.4) is 0 Å². The molecule has 1 heterocycles. The van der Waals surface area contributed by atoms with Crippen LogP contribution in [0, 0.1) is 0 Å². The third kappa shape index (κ3) is 4.35. The normalized spacial score (nSPS) is 38.8. The predicted octanol–water partition coefficient (Wildman–Crippen LogP) is -0.345. The van der Waals surface area contributed by atoms with Crippen molar-refractivity contribution >= 4 is 0 Å². The monoisotopic (exact) mass is 236 g/mol. The molecule has 1 aliphatic heterocycles. The molecule has 16 heavy (non-hydrogen) atoms. The Morgan fingerprint density at radius 3 is 1.81 bits per heavy atom. The van der Waals surface area contributed by atoms with Crippen molar-refractivity contribution in [3.05, 3.63) is 0 Å². The van der Waals surface area contributed by atoms with Gasteiger partial charge in [0, 0.05) is 0 Å². The Morgan fingerprint density at radius 2 is 1.44 bits per heavy atom. The van der Waals surface area contributed by atoms with Crippen molar-refractivity contribution < 1.29 is 25.2 Å². The first kappa shape index (κ1) is 15.8. The second kappa shape index (κ2) is 7.97. The molecule has 0 bridgehead atoms. The molecule has 5 heteroatoms. The highest BCUT2D eigenvalue weighted by atomic mass is 16.5. The molecule has 1 aliphatic rings. The minimum atomic E-state index is -1.24. The molecule has 0 aromatic heterocycles. The number of aliphatic hydroxyl groups excluding tert-OH is 4. The first-order valence-corrected chi connectivity index (χ1v) is 5.80. The lowest BCUT2D eigenvalue weighted by Gasteiger charge is -2.38. The van der Waals surface area contributed by atoms with Crippen molar-refractivity contribution in [2.24, 2.45) is 0 Å². The number of ether oxygens (including phenoxy) is 1. The van der Waals surface area contributed by atoms with E-state index in [1.807, 2.05) is 0 Å². The largest absolute Gasteiger partial charge is 0.394 e. The van der Waals surface area contributed by atoms with E-state index >= 15 is 0 Å². The summed E-state index contributed by atoms with van der Waals surface area (Å²) in [5.74, 6) is 0. The molecular formula is C11H24O5. The Balaban J connectivity index is 0.000000487. The molecule has 1 fully saturated rings. The summed E-state index contributed by atoms with van der Waals surface area (Å²) in [6, 6.07) is 0. The first-order chi connectivity index (χ1) is 7.49. The molecule has 0 radical (unpaired) electrons. The van der Waals surface area contributed by atoms with E-state index in [9.17, 15) is 15.3 Å². The van der Waals surface area contributed by atoms with Crippen molar-refractivity contribution in [3.8, 4) is 0 Å². The van der Waals surface area contributed by atoms with Gasteiger partial charge in [-0.15, -0.1) is 0 Å². The van der Waals surface area contributed by atoms with Crippen molar-refractivity contribution in [1.29, 1.82) is 0 Å². The van der Waals surface area contributed by atoms with Gasteiger partial charge in [-0.25, -0.2) is 0 Å². The zero-order chi connectivity index (χ0) is 12.7. The molecule has 0 aromatic carbocycles. The lowest BCUT2D eigenvalue weighted by atomic mass is 9.96. The van der Waals surface area contributed by atoms with Gasteiger partial charge in [0.1, 0.15) is 24.4 Å². The van der Waals surface area contributed by atoms with Crippen molar-refractivity contribution in [1.82, 2.24) is 0 Å². The van der Waals surface area contributed by atoms with Gasteiger partial charge in [-0.2, -0.15) is 0 Å². The van der Waals surface area contributed by atoms with Crippen LogP contribution in [-0.4, -0.2) is 57.6 Å². The number of hydrogen-bond acceptors (Lipinski definition) is 5. The summed E-state index contributed by atoms with van der Waals surface area (Å²) in [5.41, 5.74) is 0. The van der Waals surface area contributed by atoms with Crippen LogP contribution < -0.4 is 0 Å². The van der Waals surface area contributed by atoms with Crippen LogP contribution in [0.5, 0.6) is 0 Å². The minimum Gasteiger partial charge on any atom is -0.394 e. The van der Waals surface area contributed by atoms with Crippen molar-refractivity contribution in [2.45, 2.75) is 64.1 Å². The molecule has 98 valence electrons. The molecular weight excluding hydrogens is 212 g/mol. The molecule has 5 nitrogen and oxygen atoms in total. The highest BCUT2D eigenvalue weighted by Gasteiger charge is 2.41. The average molecular weight is 236 g/mol. The van der Waals surface area contributed by atoms with E-state index in [0.717, 1.165) is 0 Å². The molecule has 0 aromatic rings. The van der Waals surface area contributed by atoms with Gasteiger partial charge in [-0.1, -0.05) is 26.7 Å². The molecule has 0 saturated carbocycles. The summed E-state index contributed by atoms with van der Waals surface area (Å²) in [6.45, 7) is 5.57. The summed E-state index contributed by atoms with van der Waals surface area (Å²) in [6.07, 6.45) is -2.30. The van der Waals surface area contributed by atoms with Gasteiger partial charge < -0.3 is 25.2 Å². The lowest BCUT2D eigenvalue weighted by Crippen LogP contribution is -2.57. The van der Waals surface area contributed by atoms with Gasteiger partial charge >= 0.3 is 0 Å². The minimum absolute atomic E-state index is 0.366. The van der Waals surface area contributed by atoms with Crippen LogP contribution in [-0.2, 0) is 4.74 Å². The maximum Gasteiger partial charge on any atom is 0.111 e. The van der Waals surface area contributed by atoms with Gasteiger partial charge in [0.25, 0.3) is 0 Å². The molecule has 0 amide bonds. The topological polar surface area (TPSA) is 90.2 Å². The molecule has 5 unspecified atom stereocenters. The van der Waals surface area contributed by atoms with Crippen LogP contribution in [0.25, 0.3) is 0 Å². The molecule has 1 saturated heterocycles. The van der Waals surface area contributed by atoms with E-state index in [1.165, 1.54) is 12.8 Å². The summed E-state index contributed by atoms with van der Waals surface area (Å²) in [5, 5.41) is 36.4. The molecule has 0 aliphatic carbocycles. The maximum atomic E-state index is 9.23.